The van der Waals surface area contributed by atoms with Crippen molar-refractivity contribution in [2.75, 3.05) is 11.9 Å². The number of carbonyl (C=O) groups is 2. The number of para-hydroxylation sites is 1. The smallest absolute Gasteiger partial charge is 0.323 e. The van der Waals surface area contributed by atoms with Crippen molar-refractivity contribution < 1.29 is 19.1 Å². The molecular formula is C20H21N3O5. The highest BCUT2D eigenvalue weighted by molar-refractivity contribution is 5.96. The third kappa shape index (κ3) is 4.79. The zero-order valence-corrected chi connectivity index (χ0v) is 15.6. The van der Waals surface area contributed by atoms with Crippen molar-refractivity contribution in [2.24, 2.45) is 0 Å². The lowest BCUT2D eigenvalue weighted by Crippen LogP contribution is -2.30. The minimum absolute atomic E-state index is 0.0303. The van der Waals surface area contributed by atoms with Crippen LogP contribution in [0.25, 0.3) is 11.0 Å². The number of fused-ring (bicyclic) bond motifs is 1. The molecule has 146 valence electrons. The molecule has 3 rings (SSSR count). The van der Waals surface area contributed by atoms with Crippen LogP contribution in [-0.2, 0) is 14.3 Å². The predicted molar refractivity (Wildman–Crippen MR) is 104 cm³/mol. The first-order valence-corrected chi connectivity index (χ1v) is 8.83. The summed E-state index contributed by atoms with van der Waals surface area (Å²) in [5.74, 6) is -0.286. The summed E-state index contributed by atoms with van der Waals surface area (Å²) in [4.78, 5) is 40.7. The second-order valence-corrected chi connectivity index (χ2v) is 6.32. The highest BCUT2D eigenvalue weighted by Crippen LogP contribution is 2.17. The van der Waals surface area contributed by atoms with Gasteiger partial charge >= 0.3 is 11.7 Å². The first-order chi connectivity index (χ1) is 13.4. The van der Waals surface area contributed by atoms with Crippen molar-refractivity contribution in [1.82, 2.24) is 9.97 Å². The Bertz CT molecular complexity index is 1050. The van der Waals surface area contributed by atoms with Crippen LogP contribution in [0.2, 0.25) is 0 Å². The monoisotopic (exact) mass is 383 g/mol. The van der Waals surface area contributed by atoms with Crippen LogP contribution in [0.4, 0.5) is 5.69 Å². The molecule has 0 fully saturated rings. The summed E-state index contributed by atoms with van der Waals surface area (Å²) >= 11 is 0. The van der Waals surface area contributed by atoms with E-state index in [1.54, 1.807) is 18.2 Å². The molecule has 1 heterocycles. The molecule has 8 heteroatoms. The van der Waals surface area contributed by atoms with Gasteiger partial charge in [-0.05, 0) is 43.7 Å². The number of esters is 1. The van der Waals surface area contributed by atoms with E-state index in [0.29, 0.717) is 22.5 Å². The van der Waals surface area contributed by atoms with Crippen molar-refractivity contribution >= 4 is 28.6 Å². The number of imidazole rings is 1. The summed E-state index contributed by atoms with van der Waals surface area (Å²) < 4.78 is 10.7. The topological polar surface area (TPSA) is 113 Å². The Kier molecular flexibility index (Phi) is 5.78. The van der Waals surface area contributed by atoms with Crippen LogP contribution in [0.1, 0.15) is 18.9 Å². The van der Waals surface area contributed by atoms with Crippen molar-refractivity contribution in [3.05, 3.63) is 58.5 Å². The molecule has 0 unspecified atom stereocenters. The maximum Gasteiger partial charge on any atom is 0.323 e. The third-order valence-corrected chi connectivity index (χ3v) is 4.12. The van der Waals surface area contributed by atoms with Gasteiger partial charge in [-0.2, -0.15) is 0 Å². The number of amides is 1. The first-order valence-electron chi connectivity index (χ1n) is 8.83. The number of rotatable bonds is 7. The van der Waals surface area contributed by atoms with Crippen molar-refractivity contribution in [3.63, 3.8) is 0 Å². The molecule has 0 aliphatic heterocycles. The number of ether oxygens (including phenoxy) is 2. The van der Waals surface area contributed by atoms with E-state index in [1.165, 1.54) is 6.92 Å². The van der Waals surface area contributed by atoms with Crippen LogP contribution in [-0.4, -0.2) is 34.6 Å². The summed E-state index contributed by atoms with van der Waals surface area (Å²) in [6.07, 6.45) is -0.936. The zero-order valence-electron chi connectivity index (χ0n) is 15.6. The molecule has 1 amide bonds. The second kappa shape index (κ2) is 8.43. The van der Waals surface area contributed by atoms with E-state index >= 15 is 0 Å². The van der Waals surface area contributed by atoms with Crippen LogP contribution < -0.4 is 15.7 Å². The second-order valence-electron chi connectivity index (χ2n) is 6.32. The predicted octanol–water partition coefficient (Wildman–Crippen LogP) is 2.50. The van der Waals surface area contributed by atoms with E-state index in [2.05, 4.69) is 15.3 Å². The minimum Gasteiger partial charge on any atom is -0.493 e. The average Bonchev–Trinajstić information content (AvgIpc) is 3.02. The molecule has 3 aromatic rings. The quantitative estimate of drug-likeness (QED) is 0.543. The Balaban J connectivity index is 1.48. The van der Waals surface area contributed by atoms with Gasteiger partial charge in [0.2, 0.25) is 0 Å². The number of benzene rings is 2. The van der Waals surface area contributed by atoms with Crippen LogP contribution >= 0.6 is 0 Å². The van der Waals surface area contributed by atoms with E-state index in [0.717, 1.165) is 5.56 Å². The van der Waals surface area contributed by atoms with E-state index in [9.17, 15) is 14.4 Å². The number of H-pyrrole nitrogens is 2. The van der Waals surface area contributed by atoms with E-state index in [1.807, 2.05) is 31.2 Å². The van der Waals surface area contributed by atoms with Gasteiger partial charge in [0.25, 0.3) is 5.91 Å². The van der Waals surface area contributed by atoms with Gasteiger partial charge in [-0.1, -0.05) is 18.2 Å². The molecule has 1 atom stereocenters. The van der Waals surface area contributed by atoms with Crippen molar-refractivity contribution in [3.8, 4) is 5.75 Å². The molecule has 2 aromatic carbocycles. The number of carbonyl (C=O) groups excluding carboxylic acids is 2. The fourth-order valence-electron chi connectivity index (χ4n) is 2.63. The molecule has 0 aliphatic carbocycles. The van der Waals surface area contributed by atoms with Crippen LogP contribution in [0, 0.1) is 6.92 Å². The Morgan fingerprint density at radius 2 is 1.86 bits per heavy atom. The van der Waals surface area contributed by atoms with Gasteiger partial charge in [-0.3, -0.25) is 9.59 Å². The van der Waals surface area contributed by atoms with E-state index in [4.69, 9.17) is 9.47 Å². The fourth-order valence-corrected chi connectivity index (χ4v) is 2.63. The maximum absolute atomic E-state index is 12.2. The lowest BCUT2D eigenvalue weighted by atomic mass is 10.2. The highest BCUT2D eigenvalue weighted by atomic mass is 16.5. The Morgan fingerprint density at radius 3 is 2.64 bits per heavy atom. The highest BCUT2D eigenvalue weighted by Gasteiger charge is 2.18. The van der Waals surface area contributed by atoms with Gasteiger partial charge in [-0.15, -0.1) is 0 Å². The Morgan fingerprint density at radius 1 is 1.11 bits per heavy atom. The minimum atomic E-state index is -0.966. The number of aromatic nitrogens is 2. The molecule has 1 aromatic heterocycles. The van der Waals surface area contributed by atoms with E-state index in [-0.39, 0.29) is 18.7 Å². The van der Waals surface area contributed by atoms with Crippen molar-refractivity contribution in [1.29, 1.82) is 0 Å². The molecule has 8 nitrogen and oxygen atoms in total. The average molecular weight is 383 g/mol. The Labute approximate surface area is 160 Å². The van der Waals surface area contributed by atoms with Gasteiger partial charge in [0.05, 0.1) is 24.1 Å². The summed E-state index contributed by atoms with van der Waals surface area (Å²) in [5.41, 5.74) is 2.34. The van der Waals surface area contributed by atoms with Gasteiger partial charge < -0.3 is 24.8 Å². The van der Waals surface area contributed by atoms with Gasteiger partial charge in [-0.25, -0.2) is 4.79 Å². The van der Waals surface area contributed by atoms with Gasteiger partial charge in [0.1, 0.15) is 5.75 Å². The zero-order chi connectivity index (χ0) is 20.1. The summed E-state index contributed by atoms with van der Waals surface area (Å²) in [6, 6.07) is 12.4. The molecule has 28 heavy (non-hydrogen) atoms. The Hall–Kier alpha value is -3.55. The molecule has 0 saturated carbocycles. The summed E-state index contributed by atoms with van der Waals surface area (Å²) in [6.45, 7) is 3.57. The first kappa shape index (κ1) is 19.2. The third-order valence-electron chi connectivity index (χ3n) is 4.12. The number of hydrogen-bond donors (Lipinski definition) is 3. The lowest BCUT2D eigenvalue weighted by Gasteiger charge is -2.14. The molecule has 0 radical (unpaired) electrons. The van der Waals surface area contributed by atoms with E-state index < -0.39 is 18.0 Å². The van der Waals surface area contributed by atoms with Gasteiger partial charge in [0, 0.05) is 5.69 Å². The number of nitrogens with one attached hydrogen (secondary N) is 3. The molecule has 3 N–H and O–H groups in total. The SMILES string of the molecule is Cc1ccccc1OCCC(=O)O[C@@H](C)C(=O)Nc1ccc2[nH]c(=O)[nH]c2c1. The lowest BCUT2D eigenvalue weighted by molar-refractivity contribution is -0.153. The fraction of sp³-hybridized carbons (Fsp3) is 0.250. The normalized spacial score (nSPS) is 11.8. The van der Waals surface area contributed by atoms with Crippen LogP contribution in [0.15, 0.2) is 47.3 Å². The molecule has 0 spiro atoms. The molecule has 0 saturated heterocycles. The number of aryl methyl sites for hydroxylation is 1. The van der Waals surface area contributed by atoms with Gasteiger partial charge in [0.15, 0.2) is 6.10 Å². The molecule has 0 bridgehead atoms. The number of anilines is 1. The van der Waals surface area contributed by atoms with Crippen LogP contribution in [0.3, 0.4) is 0 Å². The molecule has 0 aliphatic rings. The summed E-state index contributed by atoms with van der Waals surface area (Å²) in [5, 5.41) is 2.65. The largest absolute Gasteiger partial charge is 0.493 e. The number of hydrogen-bond acceptors (Lipinski definition) is 5. The van der Waals surface area contributed by atoms with Crippen molar-refractivity contribution in [2.45, 2.75) is 26.4 Å². The van der Waals surface area contributed by atoms with Crippen LogP contribution in [0.5, 0.6) is 5.75 Å². The summed E-state index contributed by atoms with van der Waals surface area (Å²) in [7, 11) is 0. The number of aromatic amines is 2. The maximum atomic E-state index is 12.2. The standard InChI is InChI=1S/C20H21N3O5/c1-12-5-3-4-6-17(12)27-10-9-18(24)28-13(2)19(25)21-14-7-8-15-16(11-14)23-20(26)22-15/h3-8,11,13H,9-10H2,1-2H3,(H,21,25)(H2,22,23,26)/t13-/m0/s1. The molecular weight excluding hydrogens is 362 g/mol.